The van der Waals surface area contributed by atoms with Crippen LogP contribution in [0, 0.1) is 12.7 Å². The van der Waals surface area contributed by atoms with E-state index in [2.05, 4.69) is 10.3 Å². The Balaban J connectivity index is 1.48. The fourth-order valence-corrected chi connectivity index (χ4v) is 5.04. The highest BCUT2D eigenvalue weighted by molar-refractivity contribution is 6.04. The number of hydrogen-bond donors (Lipinski definition) is 2. The number of ether oxygens (including phenoxy) is 1. The molecule has 1 fully saturated rings. The maximum Gasteiger partial charge on any atom is 0.433 e. The Morgan fingerprint density at radius 2 is 2.03 bits per heavy atom. The first-order valence-corrected chi connectivity index (χ1v) is 11.9. The average Bonchev–Trinajstić information content (AvgIpc) is 2.90. The molecular formula is C27H24F5N3O3. The van der Waals surface area contributed by atoms with Gasteiger partial charge in [-0.05, 0) is 60.0 Å². The molecule has 6 nitrogen and oxygen atoms in total. The fourth-order valence-electron chi connectivity index (χ4n) is 5.04. The van der Waals surface area contributed by atoms with Crippen LogP contribution in [0.15, 0.2) is 48.7 Å². The summed E-state index contributed by atoms with van der Waals surface area (Å²) >= 11 is 0. The molecule has 2 aromatic carbocycles. The van der Waals surface area contributed by atoms with Crippen LogP contribution in [0.5, 0.6) is 0 Å². The summed E-state index contributed by atoms with van der Waals surface area (Å²) in [5.74, 6) is -1.38. The number of aryl methyl sites for hydroxylation is 1. The zero-order valence-corrected chi connectivity index (χ0v) is 20.3. The van der Waals surface area contributed by atoms with E-state index in [0.717, 1.165) is 11.8 Å². The molecule has 1 amide bonds. The van der Waals surface area contributed by atoms with Crippen LogP contribution in [0.4, 0.5) is 33.3 Å². The summed E-state index contributed by atoms with van der Waals surface area (Å²) in [5, 5.41) is 12.3. The predicted octanol–water partition coefficient (Wildman–Crippen LogP) is 4.93. The minimum absolute atomic E-state index is 0.0634. The Morgan fingerprint density at radius 3 is 2.76 bits per heavy atom. The minimum atomic E-state index is -4.69. The molecule has 3 heterocycles. The number of rotatable bonds is 4. The summed E-state index contributed by atoms with van der Waals surface area (Å²) in [7, 11) is 0. The van der Waals surface area contributed by atoms with Crippen LogP contribution in [-0.4, -0.2) is 54.1 Å². The molecule has 38 heavy (non-hydrogen) atoms. The van der Waals surface area contributed by atoms with Gasteiger partial charge < -0.3 is 20.1 Å². The molecule has 0 bridgehead atoms. The molecule has 1 aromatic heterocycles. The molecule has 0 spiro atoms. The number of aliphatic hydroxyl groups is 1. The molecule has 0 aliphatic carbocycles. The van der Waals surface area contributed by atoms with Crippen LogP contribution >= 0.6 is 0 Å². The van der Waals surface area contributed by atoms with E-state index in [9.17, 15) is 23.1 Å². The third kappa shape index (κ3) is 4.71. The summed E-state index contributed by atoms with van der Waals surface area (Å²) in [4.78, 5) is 17.7. The maximum atomic E-state index is 15.5. The summed E-state index contributed by atoms with van der Waals surface area (Å²) < 4.78 is 75.3. The van der Waals surface area contributed by atoms with Crippen molar-refractivity contribution < 1.29 is 36.6 Å². The number of alkyl halides is 4. The van der Waals surface area contributed by atoms with Gasteiger partial charge in [-0.1, -0.05) is 6.07 Å². The van der Waals surface area contributed by atoms with Crippen molar-refractivity contribution in [3.05, 3.63) is 76.9 Å². The van der Waals surface area contributed by atoms with Crippen molar-refractivity contribution in [3.8, 4) is 11.1 Å². The van der Waals surface area contributed by atoms with E-state index in [4.69, 9.17) is 4.74 Å². The van der Waals surface area contributed by atoms with E-state index in [0.29, 0.717) is 41.7 Å². The largest absolute Gasteiger partial charge is 0.433 e. The lowest BCUT2D eigenvalue weighted by Gasteiger charge is -2.48. The summed E-state index contributed by atoms with van der Waals surface area (Å²) in [6.07, 6.45) is -4.07. The van der Waals surface area contributed by atoms with Gasteiger partial charge in [0.15, 0.2) is 5.67 Å². The summed E-state index contributed by atoms with van der Waals surface area (Å²) in [6.45, 7) is 1.75. The first kappa shape index (κ1) is 26.1. The molecule has 0 unspecified atom stereocenters. The molecule has 0 radical (unpaired) electrons. The average molecular weight is 533 g/mol. The van der Waals surface area contributed by atoms with Gasteiger partial charge in [0.25, 0.3) is 5.91 Å². The Morgan fingerprint density at radius 1 is 1.24 bits per heavy atom. The predicted molar refractivity (Wildman–Crippen MR) is 130 cm³/mol. The van der Waals surface area contributed by atoms with E-state index in [1.807, 2.05) is 0 Å². The van der Waals surface area contributed by atoms with Crippen molar-refractivity contribution in [1.82, 2.24) is 4.98 Å². The van der Waals surface area contributed by atoms with Gasteiger partial charge in [-0.25, -0.2) is 8.78 Å². The van der Waals surface area contributed by atoms with E-state index in [1.54, 1.807) is 36.1 Å². The molecule has 2 aliphatic rings. The number of nitrogens with zero attached hydrogens (tertiary/aromatic N) is 2. The van der Waals surface area contributed by atoms with Gasteiger partial charge in [-0.2, -0.15) is 13.2 Å². The Hall–Kier alpha value is -3.57. The van der Waals surface area contributed by atoms with E-state index in [-0.39, 0.29) is 24.2 Å². The molecule has 3 aromatic rings. The standard InChI is InChI=1S/C27H24F5N3O3/c1-15-2-3-18(34-25(37)16-4-5-33-23(10-16)27(30,31)32)11-19(15)17-8-21(28)20-12-26(29,14-36)24-13-38-7-6-35(24)22(20)9-17/h2-5,8-11,24,36H,6-7,12-14H2,1H3,(H,34,37)/t24-,26+/m1/s1. The number of hydrogen-bond acceptors (Lipinski definition) is 5. The van der Waals surface area contributed by atoms with Gasteiger partial charge in [0, 0.05) is 41.7 Å². The van der Waals surface area contributed by atoms with Crippen LogP contribution in [0.2, 0.25) is 0 Å². The number of pyridine rings is 1. The van der Waals surface area contributed by atoms with Crippen molar-refractivity contribution in [2.24, 2.45) is 0 Å². The maximum absolute atomic E-state index is 15.5. The van der Waals surface area contributed by atoms with Crippen molar-refractivity contribution in [2.75, 3.05) is 36.6 Å². The van der Waals surface area contributed by atoms with Crippen molar-refractivity contribution in [2.45, 2.75) is 31.2 Å². The number of amides is 1. The second kappa shape index (κ2) is 9.63. The molecule has 11 heteroatoms. The molecule has 2 aliphatic heterocycles. The third-order valence-electron chi connectivity index (χ3n) is 7.06. The highest BCUT2D eigenvalue weighted by Gasteiger charge is 2.49. The fraction of sp³-hybridized carbons (Fsp3) is 0.333. The van der Waals surface area contributed by atoms with Crippen molar-refractivity contribution in [3.63, 3.8) is 0 Å². The molecule has 5 rings (SSSR count). The lowest BCUT2D eigenvalue weighted by Crippen LogP contribution is -2.62. The van der Waals surface area contributed by atoms with Gasteiger partial charge in [0.1, 0.15) is 11.5 Å². The Labute approximate surface area is 215 Å². The van der Waals surface area contributed by atoms with E-state index in [1.165, 1.54) is 12.1 Å². The third-order valence-corrected chi connectivity index (χ3v) is 7.06. The molecule has 200 valence electrons. The lowest BCUT2D eigenvalue weighted by molar-refractivity contribution is -0.141. The number of nitrogens with one attached hydrogen (secondary N) is 1. The number of benzene rings is 2. The van der Waals surface area contributed by atoms with E-state index < -0.39 is 41.9 Å². The number of aromatic nitrogens is 1. The zero-order valence-electron chi connectivity index (χ0n) is 20.3. The minimum Gasteiger partial charge on any atom is -0.393 e. The lowest BCUT2D eigenvalue weighted by atomic mass is 9.81. The second-order valence-electron chi connectivity index (χ2n) is 9.52. The van der Waals surface area contributed by atoms with Crippen LogP contribution in [0.3, 0.4) is 0 Å². The molecule has 2 N–H and O–H groups in total. The van der Waals surface area contributed by atoms with Crippen LogP contribution in [0.1, 0.15) is 27.2 Å². The van der Waals surface area contributed by atoms with Crippen LogP contribution in [-0.2, 0) is 17.3 Å². The summed E-state index contributed by atoms with van der Waals surface area (Å²) in [5.41, 5.74) is -0.636. The smallest absolute Gasteiger partial charge is 0.393 e. The Bertz CT molecular complexity index is 1400. The molecular weight excluding hydrogens is 509 g/mol. The Kier molecular flexibility index (Phi) is 6.60. The number of carbonyl (C=O) groups excluding carboxylic acids is 1. The molecule has 1 saturated heterocycles. The van der Waals surface area contributed by atoms with Gasteiger partial charge in [-0.3, -0.25) is 9.78 Å². The first-order valence-electron chi connectivity index (χ1n) is 11.9. The monoisotopic (exact) mass is 533 g/mol. The number of aliphatic hydroxyl groups excluding tert-OH is 1. The highest BCUT2D eigenvalue weighted by Crippen LogP contribution is 2.43. The number of anilines is 2. The van der Waals surface area contributed by atoms with Gasteiger partial charge >= 0.3 is 6.18 Å². The highest BCUT2D eigenvalue weighted by atomic mass is 19.4. The van der Waals surface area contributed by atoms with E-state index >= 15 is 8.78 Å². The molecule has 2 atom stereocenters. The normalized spacial score (nSPS) is 21.0. The number of morpholine rings is 1. The van der Waals surface area contributed by atoms with Crippen LogP contribution < -0.4 is 10.2 Å². The summed E-state index contributed by atoms with van der Waals surface area (Å²) in [6, 6.07) is 9.00. The van der Waals surface area contributed by atoms with Gasteiger partial charge in [0.2, 0.25) is 0 Å². The second-order valence-corrected chi connectivity index (χ2v) is 9.52. The van der Waals surface area contributed by atoms with Crippen LogP contribution in [0.25, 0.3) is 11.1 Å². The number of fused-ring (bicyclic) bond motifs is 3. The van der Waals surface area contributed by atoms with Gasteiger partial charge in [-0.15, -0.1) is 0 Å². The quantitative estimate of drug-likeness (QED) is 0.466. The zero-order chi connectivity index (χ0) is 27.2. The van der Waals surface area contributed by atoms with Crippen molar-refractivity contribution >= 4 is 17.3 Å². The number of halogens is 5. The number of carbonyl (C=O) groups is 1. The van der Waals surface area contributed by atoms with Gasteiger partial charge in [0.05, 0.1) is 25.9 Å². The SMILES string of the molecule is Cc1ccc(NC(=O)c2ccnc(C(F)(F)F)c2)cc1-c1cc(F)c2c(c1)N1CCOC[C@@H]1[C@@](F)(CO)C2. The first-order chi connectivity index (χ1) is 18.0. The molecule has 0 saturated carbocycles. The van der Waals surface area contributed by atoms with Crippen molar-refractivity contribution in [1.29, 1.82) is 0 Å². The topological polar surface area (TPSA) is 74.7 Å².